The fourth-order valence-electron chi connectivity index (χ4n) is 2.70. The standard InChI is InChI=1S/C16H21FN2O6S/c1-10(2)18-26(23,24)13-8-11(4-5-12(13)25-3)14(20)19-7-6-16(17,9-19)15(21)22/h4-5,8,10,18H,6-7,9H2,1-3H3,(H,21,22). The highest BCUT2D eigenvalue weighted by atomic mass is 32.2. The second-order valence-electron chi connectivity index (χ2n) is 6.39. The number of benzene rings is 1. The van der Waals surface area contributed by atoms with Crippen LogP contribution in [0.2, 0.25) is 0 Å². The number of nitrogens with zero attached hydrogens (tertiary/aromatic N) is 1. The number of ether oxygens (including phenoxy) is 1. The molecule has 1 aromatic carbocycles. The van der Waals surface area contributed by atoms with Gasteiger partial charge >= 0.3 is 5.97 Å². The van der Waals surface area contributed by atoms with Gasteiger partial charge in [0.05, 0.1) is 13.7 Å². The van der Waals surface area contributed by atoms with Crippen molar-refractivity contribution in [3.8, 4) is 5.75 Å². The van der Waals surface area contributed by atoms with E-state index in [0.29, 0.717) is 0 Å². The van der Waals surface area contributed by atoms with E-state index in [9.17, 15) is 22.4 Å². The molecule has 1 amide bonds. The Kier molecular flexibility index (Phi) is 5.57. The van der Waals surface area contributed by atoms with Gasteiger partial charge in [0.2, 0.25) is 15.7 Å². The number of nitrogens with one attached hydrogen (secondary N) is 1. The van der Waals surface area contributed by atoms with E-state index in [1.54, 1.807) is 13.8 Å². The molecule has 2 rings (SSSR count). The average Bonchev–Trinajstić information content (AvgIpc) is 2.96. The molecule has 0 spiro atoms. The molecule has 0 aliphatic carbocycles. The van der Waals surface area contributed by atoms with Gasteiger partial charge in [0.25, 0.3) is 5.91 Å². The first-order valence-corrected chi connectivity index (χ1v) is 9.40. The van der Waals surface area contributed by atoms with Crippen molar-refractivity contribution < 1.29 is 32.2 Å². The number of aliphatic carboxylic acids is 1. The van der Waals surface area contributed by atoms with Gasteiger partial charge in [0.1, 0.15) is 10.6 Å². The molecule has 1 heterocycles. The lowest BCUT2D eigenvalue weighted by Gasteiger charge is -2.19. The van der Waals surface area contributed by atoms with Crippen molar-refractivity contribution in [3.63, 3.8) is 0 Å². The Bertz CT molecular complexity index is 826. The van der Waals surface area contributed by atoms with Gasteiger partial charge in [-0.1, -0.05) is 0 Å². The van der Waals surface area contributed by atoms with Crippen molar-refractivity contribution in [2.24, 2.45) is 0 Å². The summed E-state index contributed by atoms with van der Waals surface area (Å²) in [5.41, 5.74) is -2.49. The molecule has 1 aliphatic heterocycles. The van der Waals surface area contributed by atoms with Gasteiger partial charge in [-0.05, 0) is 32.0 Å². The summed E-state index contributed by atoms with van der Waals surface area (Å²) in [7, 11) is -2.63. The number of rotatable bonds is 6. The van der Waals surface area contributed by atoms with Crippen LogP contribution in [0.5, 0.6) is 5.75 Å². The first kappa shape index (κ1) is 20.1. The number of hydrogen-bond donors (Lipinski definition) is 2. The molecule has 8 nitrogen and oxygen atoms in total. The molecule has 1 saturated heterocycles. The molecule has 144 valence electrons. The molecule has 1 fully saturated rings. The molecule has 0 aromatic heterocycles. The maximum Gasteiger partial charge on any atom is 0.343 e. The van der Waals surface area contributed by atoms with Crippen molar-refractivity contribution in [1.29, 1.82) is 0 Å². The Morgan fingerprint density at radius 1 is 1.38 bits per heavy atom. The molecule has 0 radical (unpaired) electrons. The van der Waals surface area contributed by atoms with Crippen molar-refractivity contribution in [3.05, 3.63) is 23.8 Å². The number of hydrogen-bond acceptors (Lipinski definition) is 5. The average molecular weight is 388 g/mol. The third-order valence-corrected chi connectivity index (χ3v) is 5.66. The van der Waals surface area contributed by atoms with Crippen molar-refractivity contribution >= 4 is 21.9 Å². The molecule has 1 atom stereocenters. The van der Waals surface area contributed by atoms with Crippen LogP contribution in [0.25, 0.3) is 0 Å². The molecule has 1 unspecified atom stereocenters. The second kappa shape index (κ2) is 7.20. The molecule has 26 heavy (non-hydrogen) atoms. The summed E-state index contributed by atoms with van der Waals surface area (Å²) in [5, 5.41) is 8.93. The van der Waals surface area contributed by atoms with Gasteiger partial charge in [-0.3, -0.25) is 4.79 Å². The van der Waals surface area contributed by atoms with Crippen LogP contribution in [0.1, 0.15) is 30.6 Å². The molecule has 0 bridgehead atoms. The summed E-state index contributed by atoms with van der Waals surface area (Å²) in [6.07, 6.45) is -0.315. The molecule has 0 saturated carbocycles. The minimum absolute atomic E-state index is 0.00423. The summed E-state index contributed by atoms with van der Waals surface area (Å²) in [4.78, 5) is 24.4. The fourth-order valence-corrected chi connectivity index (χ4v) is 4.14. The molecular weight excluding hydrogens is 367 g/mol. The minimum atomic E-state index is -3.93. The topological polar surface area (TPSA) is 113 Å². The van der Waals surface area contributed by atoms with Crippen LogP contribution in [-0.4, -0.2) is 62.2 Å². The van der Waals surface area contributed by atoms with Gasteiger partial charge in [0.15, 0.2) is 0 Å². The Labute approximate surface area is 151 Å². The van der Waals surface area contributed by atoms with E-state index in [1.165, 1.54) is 19.2 Å². The van der Waals surface area contributed by atoms with Crippen LogP contribution >= 0.6 is 0 Å². The predicted octanol–water partition coefficient (Wildman–Crippen LogP) is 1.02. The maximum absolute atomic E-state index is 14.2. The molecule has 1 aliphatic rings. The fraction of sp³-hybridized carbons (Fsp3) is 0.500. The van der Waals surface area contributed by atoms with Crippen LogP contribution in [0.15, 0.2) is 23.1 Å². The van der Waals surface area contributed by atoms with E-state index in [4.69, 9.17) is 9.84 Å². The van der Waals surface area contributed by atoms with E-state index in [0.717, 1.165) is 11.0 Å². The lowest BCUT2D eigenvalue weighted by Crippen LogP contribution is -2.39. The number of carbonyl (C=O) groups is 2. The summed E-state index contributed by atoms with van der Waals surface area (Å²) in [5.74, 6) is -2.21. The van der Waals surface area contributed by atoms with Crippen LogP contribution < -0.4 is 9.46 Å². The first-order chi connectivity index (χ1) is 12.0. The predicted molar refractivity (Wildman–Crippen MR) is 90.4 cm³/mol. The zero-order valence-electron chi connectivity index (χ0n) is 14.7. The SMILES string of the molecule is COc1ccc(C(=O)N2CCC(F)(C(=O)O)C2)cc1S(=O)(=O)NC(C)C. The largest absolute Gasteiger partial charge is 0.495 e. The van der Waals surface area contributed by atoms with E-state index in [1.807, 2.05) is 0 Å². The van der Waals surface area contributed by atoms with Gasteiger partial charge in [0, 0.05) is 24.6 Å². The van der Waals surface area contributed by atoms with Crippen LogP contribution in [0.3, 0.4) is 0 Å². The highest BCUT2D eigenvalue weighted by Crippen LogP contribution is 2.29. The summed E-state index contributed by atoms with van der Waals surface area (Å²) in [6, 6.07) is 3.46. The number of methoxy groups -OCH3 is 1. The zero-order chi connectivity index (χ0) is 19.7. The quantitative estimate of drug-likeness (QED) is 0.752. The van der Waals surface area contributed by atoms with Crippen molar-refractivity contribution in [2.45, 2.75) is 36.9 Å². The molecular formula is C16H21FN2O6S. The van der Waals surface area contributed by atoms with Crippen LogP contribution in [-0.2, 0) is 14.8 Å². The molecule has 10 heteroatoms. The summed E-state index contributed by atoms with van der Waals surface area (Å²) < 4.78 is 46.5. The van der Waals surface area contributed by atoms with Crippen molar-refractivity contribution in [2.75, 3.05) is 20.2 Å². The number of carboxylic acids is 1. The number of halogens is 1. The van der Waals surface area contributed by atoms with Crippen LogP contribution in [0, 0.1) is 0 Å². The number of alkyl halides is 1. The number of carbonyl (C=O) groups excluding carboxylic acids is 1. The Morgan fingerprint density at radius 3 is 2.54 bits per heavy atom. The lowest BCUT2D eigenvalue weighted by atomic mass is 10.1. The molecule has 1 aromatic rings. The van der Waals surface area contributed by atoms with E-state index >= 15 is 0 Å². The lowest BCUT2D eigenvalue weighted by molar-refractivity contribution is -0.149. The highest BCUT2D eigenvalue weighted by molar-refractivity contribution is 7.89. The zero-order valence-corrected chi connectivity index (χ0v) is 15.5. The minimum Gasteiger partial charge on any atom is -0.495 e. The number of sulfonamides is 1. The summed E-state index contributed by atoms with van der Waals surface area (Å²) in [6.45, 7) is 2.64. The van der Waals surface area contributed by atoms with Crippen molar-refractivity contribution in [1.82, 2.24) is 9.62 Å². The second-order valence-corrected chi connectivity index (χ2v) is 8.07. The Balaban J connectivity index is 2.36. The summed E-state index contributed by atoms with van der Waals surface area (Å²) >= 11 is 0. The number of carboxylic acid groups (broad SMARTS) is 1. The van der Waals surface area contributed by atoms with Gasteiger partial charge < -0.3 is 14.7 Å². The van der Waals surface area contributed by atoms with Gasteiger partial charge in [-0.25, -0.2) is 22.3 Å². The maximum atomic E-state index is 14.2. The Morgan fingerprint density at radius 2 is 2.04 bits per heavy atom. The Hall–Kier alpha value is -2.20. The molecule has 2 N–H and O–H groups in total. The van der Waals surface area contributed by atoms with E-state index in [-0.39, 0.29) is 35.2 Å². The number of amides is 1. The monoisotopic (exact) mass is 388 g/mol. The highest BCUT2D eigenvalue weighted by Gasteiger charge is 2.47. The van der Waals surface area contributed by atoms with Gasteiger partial charge in [-0.15, -0.1) is 0 Å². The van der Waals surface area contributed by atoms with Crippen LogP contribution in [0.4, 0.5) is 4.39 Å². The third kappa shape index (κ3) is 3.96. The van der Waals surface area contributed by atoms with E-state index < -0.39 is 34.1 Å². The normalized spacial score (nSPS) is 20.4. The third-order valence-electron chi connectivity index (χ3n) is 3.98. The van der Waals surface area contributed by atoms with E-state index in [2.05, 4.69) is 4.72 Å². The smallest absolute Gasteiger partial charge is 0.343 e. The first-order valence-electron chi connectivity index (χ1n) is 7.92. The van der Waals surface area contributed by atoms with Gasteiger partial charge in [-0.2, -0.15) is 0 Å². The number of likely N-dealkylation sites (tertiary alicyclic amines) is 1.